The number of likely N-dealkylation sites (N-methyl/N-ethyl adjacent to an activating group) is 1. The fraction of sp³-hybridized carbons (Fsp3) is 0.233. The molecule has 1 aliphatic rings. The number of fused-ring (bicyclic) bond motifs is 1. The maximum Gasteiger partial charge on any atom is 0.247 e. The first-order valence-electron chi connectivity index (χ1n) is 13.0. The normalized spacial score (nSPS) is 14.8. The number of nitrogens with one attached hydrogen (secondary N) is 3. The molecule has 1 saturated heterocycles. The molecule has 0 radical (unpaired) electrons. The van der Waals surface area contributed by atoms with Crippen molar-refractivity contribution in [2.75, 3.05) is 55.1 Å². The summed E-state index contributed by atoms with van der Waals surface area (Å²) in [7, 11) is 5.75. The zero-order valence-electron chi connectivity index (χ0n) is 22.7. The van der Waals surface area contributed by atoms with Gasteiger partial charge in [0.05, 0.1) is 24.7 Å². The minimum Gasteiger partial charge on any atom is -0.494 e. The maximum atomic E-state index is 12.3. The number of anilines is 6. The van der Waals surface area contributed by atoms with Crippen molar-refractivity contribution < 1.29 is 9.53 Å². The minimum atomic E-state index is -0.301. The van der Waals surface area contributed by atoms with Crippen LogP contribution in [-0.4, -0.2) is 61.1 Å². The summed E-state index contributed by atoms with van der Waals surface area (Å²) in [6.45, 7) is 5.18. The lowest BCUT2D eigenvalue weighted by Gasteiger charge is -2.27. The second-order valence-electron chi connectivity index (χ2n) is 9.79. The molecule has 1 aliphatic heterocycles. The maximum absolute atomic E-state index is 12.3. The van der Waals surface area contributed by atoms with E-state index in [4.69, 9.17) is 16.3 Å². The van der Waals surface area contributed by atoms with E-state index in [2.05, 4.69) is 68.5 Å². The number of rotatable bonds is 9. The van der Waals surface area contributed by atoms with E-state index >= 15 is 0 Å². The summed E-state index contributed by atoms with van der Waals surface area (Å²) < 4.78 is 5.74. The van der Waals surface area contributed by atoms with Gasteiger partial charge in [0.2, 0.25) is 11.9 Å². The molecule has 3 N–H and O–H groups in total. The number of carbonyl (C=O) groups excluding carboxylic acids is 1. The number of amides is 1. The number of hydrogen-bond donors (Lipinski definition) is 3. The van der Waals surface area contributed by atoms with Crippen molar-refractivity contribution in [3.63, 3.8) is 0 Å². The molecule has 1 amide bonds. The van der Waals surface area contributed by atoms with Gasteiger partial charge in [-0.15, -0.1) is 0 Å². The predicted octanol–water partition coefficient (Wildman–Crippen LogP) is 6.04. The van der Waals surface area contributed by atoms with Crippen LogP contribution in [0.4, 0.5) is 34.5 Å². The van der Waals surface area contributed by atoms with Gasteiger partial charge in [0.15, 0.2) is 5.82 Å². The average molecular weight is 558 g/mol. The standard InChI is InChI=1S/C30H32ClN7O2/c1-5-26(39)34-24-12-13-25(40-4)27(28(24)38-15-14-22(18-38)37(2)3)35-30-32-17-23(31)29(36-30)33-21-11-10-19-8-6-7-9-20(19)16-21/h5-13,16-17,22H,1,14-15,18H2,2-4H3,(H,34,39)(H2,32,33,35,36). The first-order chi connectivity index (χ1) is 19.4. The number of hydrogen-bond acceptors (Lipinski definition) is 8. The Bertz CT molecular complexity index is 1560. The van der Waals surface area contributed by atoms with Crippen molar-refractivity contribution in [2.45, 2.75) is 12.5 Å². The molecule has 2 heterocycles. The highest BCUT2D eigenvalue weighted by Crippen LogP contribution is 2.44. The van der Waals surface area contributed by atoms with Crippen LogP contribution >= 0.6 is 11.6 Å². The fourth-order valence-electron chi connectivity index (χ4n) is 4.87. The quantitative estimate of drug-likeness (QED) is 0.214. The van der Waals surface area contributed by atoms with Crippen LogP contribution in [0.25, 0.3) is 10.8 Å². The largest absolute Gasteiger partial charge is 0.494 e. The molecule has 206 valence electrons. The van der Waals surface area contributed by atoms with Crippen LogP contribution in [-0.2, 0) is 4.79 Å². The van der Waals surface area contributed by atoms with Gasteiger partial charge in [-0.25, -0.2) is 4.98 Å². The van der Waals surface area contributed by atoms with E-state index in [-0.39, 0.29) is 5.91 Å². The van der Waals surface area contributed by atoms with E-state index in [1.165, 1.54) is 6.08 Å². The second-order valence-corrected chi connectivity index (χ2v) is 10.2. The van der Waals surface area contributed by atoms with Crippen LogP contribution in [0.5, 0.6) is 5.75 Å². The summed E-state index contributed by atoms with van der Waals surface area (Å²) in [5.41, 5.74) is 2.92. The van der Waals surface area contributed by atoms with Gasteiger partial charge in [-0.3, -0.25) is 4.79 Å². The number of ether oxygens (including phenoxy) is 1. The van der Waals surface area contributed by atoms with Gasteiger partial charge in [0.25, 0.3) is 0 Å². The topological polar surface area (TPSA) is 94.6 Å². The Labute approximate surface area is 238 Å². The van der Waals surface area contributed by atoms with Crippen molar-refractivity contribution in [3.05, 3.63) is 78.5 Å². The lowest BCUT2D eigenvalue weighted by atomic mass is 10.1. The molecule has 40 heavy (non-hydrogen) atoms. The van der Waals surface area contributed by atoms with E-state index in [0.29, 0.717) is 40.0 Å². The van der Waals surface area contributed by atoms with Gasteiger partial charge in [-0.1, -0.05) is 48.5 Å². The number of methoxy groups -OCH3 is 1. The lowest BCUT2D eigenvalue weighted by molar-refractivity contribution is -0.111. The Kier molecular flexibility index (Phi) is 8.04. The lowest BCUT2D eigenvalue weighted by Crippen LogP contribution is -2.32. The van der Waals surface area contributed by atoms with Crippen molar-refractivity contribution in [3.8, 4) is 5.75 Å². The van der Waals surface area contributed by atoms with Crippen LogP contribution in [0.2, 0.25) is 5.02 Å². The molecule has 1 atom stereocenters. The van der Waals surface area contributed by atoms with Crippen LogP contribution in [0, 0.1) is 0 Å². The highest BCUT2D eigenvalue weighted by molar-refractivity contribution is 6.33. The molecule has 0 aliphatic carbocycles. The summed E-state index contributed by atoms with van der Waals surface area (Å²) in [5, 5.41) is 12.2. The molecule has 1 fully saturated rings. The van der Waals surface area contributed by atoms with E-state index in [0.717, 1.165) is 41.7 Å². The number of halogens is 1. The van der Waals surface area contributed by atoms with Crippen LogP contribution in [0.3, 0.4) is 0 Å². The summed E-state index contributed by atoms with van der Waals surface area (Å²) in [6, 6.07) is 18.2. The Morgan fingerprint density at radius 3 is 2.67 bits per heavy atom. The summed E-state index contributed by atoms with van der Waals surface area (Å²) in [4.78, 5) is 25.9. The minimum absolute atomic E-state index is 0.301. The molecule has 0 bridgehead atoms. The Balaban J connectivity index is 1.51. The van der Waals surface area contributed by atoms with Crippen LogP contribution < -0.4 is 25.6 Å². The average Bonchev–Trinajstić information content (AvgIpc) is 3.45. The van der Waals surface area contributed by atoms with Gasteiger partial charge in [-0.2, -0.15) is 4.98 Å². The van der Waals surface area contributed by atoms with Gasteiger partial charge in [0, 0.05) is 24.8 Å². The number of aromatic nitrogens is 2. The highest BCUT2D eigenvalue weighted by atomic mass is 35.5. The Morgan fingerprint density at radius 1 is 1.15 bits per heavy atom. The molecule has 1 unspecified atom stereocenters. The monoisotopic (exact) mass is 557 g/mol. The second kappa shape index (κ2) is 11.8. The van der Waals surface area contributed by atoms with Crippen molar-refractivity contribution in [1.82, 2.24) is 14.9 Å². The zero-order valence-corrected chi connectivity index (χ0v) is 23.5. The highest BCUT2D eigenvalue weighted by Gasteiger charge is 2.29. The third-order valence-electron chi connectivity index (χ3n) is 7.01. The summed E-state index contributed by atoms with van der Waals surface area (Å²) in [6.07, 6.45) is 3.78. The van der Waals surface area contributed by atoms with E-state index in [9.17, 15) is 4.79 Å². The zero-order chi connectivity index (χ0) is 28.2. The first-order valence-corrected chi connectivity index (χ1v) is 13.3. The molecular formula is C30H32ClN7O2. The van der Waals surface area contributed by atoms with E-state index < -0.39 is 0 Å². The molecule has 0 spiro atoms. The molecule has 1 aromatic heterocycles. The Morgan fingerprint density at radius 2 is 1.95 bits per heavy atom. The summed E-state index contributed by atoms with van der Waals surface area (Å²) in [5.74, 6) is 1.07. The third kappa shape index (κ3) is 5.80. The molecule has 5 rings (SSSR count). The number of benzene rings is 3. The molecule has 3 aromatic carbocycles. The third-order valence-corrected chi connectivity index (χ3v) is 7.28. The first kappa shape index (κ1) is 27.2. The van der Waals surface area contributed by atoms with Gasteiger partial charge in [-0.05, 0) is 61.6 Å². The Hall–Kier alpha value is -4.34. The number of carbonyl (C=O) groups is 1. The molecule has 9 nitrogen and oxygen atoms in total. The van der Waals surface area contributed by atoms with Crippen molar-refractivity contribution >= 4 is 62.8 Å². The van der Waals surface area contributed by atoms with Crippen LogP contribution in [0.1, 0.15) is 6.42 Å². The van der Waals surface area contributed by atoms with Crippen molar-refractivity contribution in [1.29, 1.82) is 0 Å². The van der Waals surface area contributed by atoms with E-state index in [1.54, 1.807) is 19.4 Å². The molecule has 4 aromatic rings. The molecular weight excluding hydrogens is 526 g/mol. The number of nitrogens with zero attached hydrogens (tertiary/aromatic N) is 4. The van der Waals surface area contributed by atoms with Crippen LogP contribution in [0.15, 0.2) is 73.4 Å². The SMILES string of the molecule is C=CC(=O)Nc1ccc(OC)c(Nc2ncc(Cl)c(Nc3ccc4ccccc4c3)n2)c1N1CCC(N(C)C)C1. The molecule has 0 saturated carbocycles. The van der Waals surface area contributed by atoms with Gasteiger partial charge >= 0.3 is 0 Å². The van der Waals surface area contributed by atoms with E-state index in [1.807, 2.05) is 36.4 Å². The molecule has 10 heteroatoms. The van der Waals surface area contributed by atoms with Gasteiger partial charge in [0.1, 0.15) is 16.5 Å². The van der Waals surface area contributed by atoms with Gasteiger partial charge < -0.3 is 30.5 Å². The summed E-state index contributed by atoms with van der Waals surface area (Å²) >= 11 is 6.50. The predicted molar refractivity (Wildman–Crippen MR) is 164 cm³/mol. The smallest absolute Gasteiger partial charge is 0.247 e. The fourth-order valence-corrected chi connectivity index (χ4v) is 5.01. The van der Waals surface area contributed by atoms with Crippen molar-refractivity contribution in [2.24, 2.45) is 0 Å².